The van der Waals surface area contributed by atoms with Gasteiger partial charge in [-0.1, -0.05) is 18.2 Å². The summed E-state index contributed by atoms with van der Waals surface area (Å²) in [7, 11) is 0. The maximum atomic E-state index is 5.97. The molecule has 0 aliphatic heterocycles. The van der Waals surface area contributed by atoms with Crippen LogP contribution in [0.1, 0.15) is 11.4 Å². The molecule has 0 fully saturated rings. The van der Waals surface area contributed by atoms with Gasteiger partial charge in [-0.25, -0.2) is 9.67 Å². The van der Waals surface area contributed by atoms with Crippen molar-refractivity contribution in [1.82, 2.24) is 35.4 Å². The molecular weight excluding hydrogens is 294 g/mol. The Morgan fingerprint density at radius 2 is 1.96 bits per heavy atom. The first-order valence-electron chi connectivity index (χ1n) is 7.06. The summed E-state index contributed by atoms with van der Waals surface area (Å²) < 4.78 is 7.67. The summed E-state index contributed by atoms with van der Waals surface area (Å²) in [6.07, 6.45) is 0. The van der Waals surface area contributed by atoms with E-state index in [1.165, 1.54) is 0 Å². The van der Waals surface area contributed by atoms with Gasteiger partial charge in [-0.15, -0.1) is 10.2 Å². The average molecular weight is 307 g/mol. The minimum Gasteiger partial charge on any atom is -0.417 e. The van der Waals surface area contributed by atoms with E-state index in [4.69, 9.17) is 4.42 Å². The summed E-state index contributed by atoms with van der Waals surface area (Å²) in [4.78, 5) is 4.54. The van der Waals surface area contributed by atoms with Gasteiger partial charge in [0, 0.05) is 11.3 Å². The summed E-state index contributed by atoms with van der Waals surface area (Å²) in [6.45, 7) is 3.87. The van der Waals surface area contributed by atoms with Crippen molar-refractivity contribution in [2.24, 2.45) is 0 Å². The zero-order valence-corrected chi connectivity index (χ0v) is 12.6. The van der Waals surface area contributed by atoms with Crippen molar-refractivity contribution in [3.8, 4) is 28.9 Å². The molecule has 1 N–H and O–H groups in total. The van der Waals surface area contributed by atoms with E-state index in [0.29, 0.717) is 23.3 Å². The molecule has 0 unspecified atom stereocenters. The number of aryl methyl sites for hydroxylation is 2. The Kier molecular flexibility index (Phi) is 3.00. The number of benzene rings is 1. The smallest absolute Gasteiger partial charge is 0.252 e. The fourth-order valence-corrected chi connectivity index (χ4v) is 2.40. The molecule has 0 saturated carbocycles. The second-order valence-electron chi connectivity index (χ2n) is 5.11. The molecule has 23 heavy (non-hydrogen) atoms. The van der Waals surface area contributed by atoms with Crippen molar-refractivity contribution < 1.29 is 4.42 Å². The van der Waals surface area contributed by atoms with Gasteiger partial charge in [0.05, 0.1) is 5.69 Å². The first kappa shape index (κ1) is 13.4. The highest BCUT2D eigenvalue weighted by atomic mass is 16.4. The van der Waals surface area contributed by atoms with Crippen LogP contribution in [0.15, 0.2) is 40.8 Å². The Hall–Kier alpha value is -3.29. The van der Waals surface area contributed by atoms with E-state index in [0.717, 1.165) is 17.0 Å². The van der Waals surface area contributed by atoms with Crippen LogP contribution in [-0.2, 0) is 0 Å². The number of oxazole rings is 1. The Morgan fingerprint density at radius 3 is 2.61 bits per heavy atom. The molecule has 0 radical (unpaired) electrons. The largest absolute Gasteiger partial charge is 0.417 e. The van der Waals surface area contributed by atoms with Crippen LogP contribution in [0.5, 0.6) is 0 Å². The van der Waals surface area contributed by atoms with Crippen molar-refractivity contribution >= 4 is 0 Å². The second-order valence-corrected chi connectivity index (χ2v) is 5.11. The normalized spacial score (nSPS) is 11.0. The van der Waals surface area contributed by atoms with Crippen LogP contribution >= 0.6 is 0 Å². The van der Waals surface area contributed by atoms with E-state index >= 15 is 0 Å². The molecular formula is C15H13N7O. The number of hydrogen-bond donors (Lipinski definition) is 1. The molecule has 8 nitrogen and oxygen atoms in total. The lowest BCUT2D eigenvalue weighted by Crippen LogP contribution is -2.00. The van der Waals surface area contributed by atoms with Crippen molar-refractivity contribution in [2.75, 3.05) is 0 Å². The molecule has 0 bridgehead atoms. The van der Waals surface area contributed by atoms with Gasteiger partial charge < -0.3 is 4.42 Å². The molecule has 3 aromatic heterocycles. The van der Waals surface area contributed by atoms with Crippen LogP contribution in [0.2, 0.25) is 0 Å². The van der Waals surface area contributed by atoms with Crippen molar-refractivity contribution in [1.29, 1.82) is 0 Å². The number of aromatic amines is 1. The SMILES string of the molecule is Cc1cc(C)n(-c2oc(-c3ccccc3)nc2-c2nn[nH]n2)n1. The highest BCUT2D eigenvalue weighted by molar-refractivity contribution is 5.64. The number of rotatable bonds is 3. The van der Waals surface area contributed by atoms with Gasteiger partial charge in [0.1, 0.15) is 0 Å². The number of aromatic nitrogens is 7. The summed E-state index contributed by atoms with van der Waals surface area (Å²) in [5.41, 5.74) is 3.18. The predicted molar refractivity (Wildman–Crippen MR) is 81.7 cm³/mol. The lowest BCUT2D eigenvalue weighted by Gasteiger charge is -2.00. The lowest BCUT2D eigenvalue weighted by atomic mass is 10.2. The molecule has 1 aromatic carbocycles. The van der Waals surface area contributed by atoms with E-state index in [9.17, 15) is 0 Å². The summed E-state index contributed by atoms with van der Waals surface area (Å²) >= 11 is 0. The zero-order chi connectivity index (χ0) is 15.8. The van der Waals surface area contributed by atoms with Crippen molar-refractivity contribution in [2.45, 2.75) is 13.8 Å². The maximum absolute atomic E-state index is 5.97. The van der Waals surface area contributed by atoms with Crippen molar-refractivity contribution in [3.05, 3.63) is 47.8 Å². The van der Waals surface area contributed by atoms with E-state index in [-0.39, 0.29) is 0 Å². The van der Waals surface area contributed by atoms with Gasteiger partial charge in [0.2, 0.25) is 11.7 Å². The maximum Gasteiger partial charge on any atom is 0.252 e. The highest BCUT2D eigenvalue weighted by Crippen LogP contribution is 2.30. The zero-order valence-electron chi connectivity index (χ0n) is 12.6. The molecule has 3 heterocycles. The van der Waals surface area contributed by atoms with E-state index in [1.54, 1.807) is 4.68 Å². The van der Waals surface area contributed by atoms with Gasteiger partial charge in [-0.3, -0.25) is 0 Å². The van der Waals surface area contributed by atoms with Crippen LogP contribution in [0.25, 0.3) is 28.9 Å². The molecule has 0 atom stereocenters. The summed E-state index contributed by atoms with van der Waals surface area (Å²) in [6, 6.07) is 11.6. The van der Waals surface area contributed by atoms with Gasteiger partial charge >= 0.3 is 0 Å². The summed E-state index contributed by atoms with van der Waals surface area (Å²) in [5, 5.41) is 18.5. The van der Waals surface area contributed by atoms with Crippen LogP contribution in [0, 0.1) is 13.8 Å². The third-order valence-corrected chi connectivity index (χ3v) is 3.39. The van der Waals surface area contributed by atoms with Crippen LogP contribution in [0.4, 0.5) is 0 Å². The van der Waals surface area contributed by atoms with Gasteiger partial charge in [-0.05, 0) is 37.3 Å². The monoisotopic (exact) mass is 307 g/mol. The van der Waals surface area contributed by atoms with E-state index < -0.39 is 0 Å². The molecule has 114 valence electrons. The second kappa shape index (κ2) is 5.16. The fraction of sp³-hybridized carbons (Fsp3) is 0.133. The quantitative estimate of drug-likeness (QED) is 0.623. The average Bonchev–Trinajstić information content (AvgIpc) is 3.27. The van der Waals surface area contributed by atoms with Crippen molar-refractivity contribution in [3.63, 3.8) is 0 Å². The predicted octanol–water partition coefficient (Wildman–Crippen LogP) is 2.32. The molecule has 0 amide bonds. The minimum atomic E-state index is 0.360. The Balaban J connectivity index is 1.93. The van der Waals surface area contributed by atoms with Crippen LogP contribution in [0.3, 0.4) is 0 Å². The molecule has 4 rings (SSSR count). The Morgan fingerprint density at radius 1 is 1.13 bits per heavy atom. The number of nitrogens with one attached hydrogen (secondary N) is 1. The lowest BCUT2D eigenvalue weighted by molar-refractivity contribution is 0.525. The topological polar surface area (TPSA) is 98.3 Å². The molecule has 0 aliphatic rings. The third-order valence-electron chi connectivity index (χ3n) is 3.39. The molecule has 0 spiro atoms. The minimum absolute atomic E-state index is 0.360. The van der Waals surface area contributed by atoms with Gasteiger partial charge in [0.15, 0.2) is 5.69 Å². The third kappa shape index (κ3) is 2.30. The Labute approximate surface area is 131 Å². The first-order chi connectivity index (χ1) is 11.2. The number of tetrazole rings is 1. The Bertz CT molecular complexity index is 938. The fourth-order valence-electron chi connectivity index (χ4n) is 2.40. The first-order valence-corrected chi connectivity index (χ1v) is 7.06. The molecule has 8 heteroatoms. The van der Waals surface area contributed by atoms with E-state index in [2.05, 4.69) is 30.7 Å². The molecule has 0 saturated heterocycles. The van der Waals surface area contributed by atoms with Crippen LogP contribution < -0.4 is 0 Å². The number of H-pyrrole nitrogens is 1. The van der Waals surface area contributed by atoms with E-state index in [1.807, 2.05) is 50.2 Å². The molecule has 0 aliphatic carbocycles. The van der Waals surface area contributed by atoms with Gasteiger partial charge in [-0.2, -0.15) is 10.3 Å². The molecule has 4 aromatic rings. The highest BCUT2D eigenvalue weighted by Gasteiger charge is 2.22. The standard InChI is InChI=1S/C15H13N7O/c1-9-8-10(2)22(19-9)15-12(13-17-20-21-18-13)16-14(23-15)11-6-4-3-5-7-11/h3-8H,1-2H3,(H,17,18,20,21). The number of hydrogen-bond acceptors (Lipinski definition) is 6. The van der Waals surface area contributed by atoms with Gasteiger partial charge in [0.25, 0.3) is 5.88 Å². The summed E-state index contributed by atoms with van der Waals surface area (Å²) in [5.74, 6) is 1.31. The number of nitrogens with zero attached hydrogens (tertiary/aromatic N) is 6. The van der Waals surface area contributed by atoms with Crippen LogP contribution in [-0.4, -0.2) is 35.4 Å².